The third-order valence-corrected chi connectivity index (χ3v) is 13.5. The van der Waals surface area contributed by atoms with Crippen molar-refractivity contribution in [3.63, 3.8) is 0 Å². The van der Waals surface area contributed by atoms with Gasteiger partial charge in [-0.05, 0) is 125 Å². The number of fused-ring (bicyclic) bond motifs is 15. The van der Waals surface area contributed by atoms with E-state index in [1.54, 1.807) is 0 Å². The van der Waals surface area contributed by atoms with E-state index < -0.39 is 5.41 Å². The molecular formula is C58H41N. The van der Waals surface area contributed by atoms with E-state index in [0.717, 1.165) is 17.1 Å². The molecule has 0 radical (unpaired) electrons. The summed E-state index contributed by atoms with van der Waals surface area (Å²) in [7, 11) is 0. The van der Waals surface area contributed by atoms with Crippen molar-refractivity contribution in [1.82, 2.24) is 0 Å². The molecule has 1 spiro atoms. The van der Waals surface area contributed by atoms with E-state index in [0.29, 0.717) is 0 Å². The van der Waals surface area contributed by atoms with Gasteiger partial charge in [0.1, 0.15) is 0 Å². The van der Waals surface area contributed by atoms with Crippen molar-refractivity contribution < 1.29 is 0 Å². The van der Waals surface area contributed by atoms with Gasteiger partial charge in [0, 0.05) is 22.5 Å². The van der Waals surface area contributed by atoms with Gasteiger partial charge in [-0.15, -0.1) is 0 Å². The van der Waals surface area contributed by atoms with Crippen LogP contribution in [0.15, 0.2) is 212 Å². The first-order chi connectivity index (χ1) is 29.0. The average Bonchev–Trinajstić information content (AvgIpc) is 3.67. The molecule has 0 unspecified atom stereocenters. The Labute approximate surface area is 346 Å². The molecule has 3 aliphatic rings. The molecule has 0 saturated carbocycles. The Morgan fingerprint density at radius 2 is 0.695 bits per heavy atom. The molecule has 0 bridgehead atoms. The van der Waals surface area contributed by atoms with Gasteiger partial charge in [-0.2, -0.15) is 0 Å². The minimum atomic E-state index is -0.516. The summed E-state index contributed by atoms with van der Waals surface area (Å²) in [6.45, 7) is 4.74. The largest absolute Gasteiger partial charge is 0.310 e. The van der Waals surface area contributed by atoms with Crippen LogP contribution in [0.1, 0.15) is 47.2 Å². The molecule has 59 heavy (non-hydrogen) atoms. The molecule has 0 heterocycles. The number of rotatable bonds is 4. The average molecular weight is 752 g/mol. The fourth-order valence-electron chi connectivity index (χ4n) is 10.9. The fraction of sp³-hybridized carbons (Fsp3) is 0.0690. The van der Waals surface area contributed by atoms with Crippen LogP contribution in [-0.2, 0) is 10.8 Å². The number of anilines is 3. The number of benzene rings is 9. The van der Waals surface area contributed by atoms with Gasteiger partial charge in [0.05, 0.1) is 5.41 Å². The second-order valence-corrected chi connectivity index (χ2v) is 16.8. The topological polar surface area (TPSA) is 3.24 Å². The summed E-state index contributed by atoms with van der Waals surface area (Å²) in [4.78, 5) is 2.48. The van der Waals surface area contributed by atoms with Gasteiger partial charge in [-0.3, -0.25) is 0 Å². The molecular weight excluding hydrogens is 711 g/mol. The van der Waals surface area contributed by atoms with Crippen LogP contribution in [0.5, 0.6) is 0 Å². The van der Waals surface area contributed by atoms with Gasteiger partial charge in [-0.1, -0.05) is 190 Å². The van der Waals surface area contributed by atoms with Crippen LogP contribution in [0, 0.1) is 0 Å². The van der Waals surface area contributed by atoms with Crippen LogP contribution in [0.25, 0.3) is 55.6 Å². The zero-order valence-electron chi connectivity index (χ0n) is 33.2. The lowest BCUT2D eigenvalue weighted by Crippen LogP contribution is -2.29. The fourth-order valence-corrected chi connectivity index (χ4v) is 10.9. The lowest BCUT2D eigenvalue weighted by atomic mass is 9.66. The first kappa shape index (κ1) is 33.9. The van der Waals surface area contributed by atoms with Crippen molar-refractivity contribution in [2.45, 2.75) is 24.7 Å². The minimum absolute atomic E-state index is 0.124. The Bertz CT molecular complexity index is 3080. The van der Waals surface area contributed by atoms with Gasteiger partial charge in [-0.25, -0.2) is 0 Å². The molecule has 0 N–H and O–H groups in total. The molecule has 12 rings (SSSR count). The maximum Gasteiger partial charge on any atom is 0.0725 e. The minimum Gasteiger partial charge on any atom is -0.310 e. The normalized spacial score (nSPS) is 14.2. The third-order valence-electron chi connectivity index (χ3n) is 13.5. The quantitative estimate of drug-likeness (QED) is 0.173. The molecule has 0 saturated heterocycles. The lowest BCUT2D eigenvalue weighted by Gasteiger charge is -2.35. The van der Waals surface area contributed by atoms with E-state index in [2.05, 4.69) is 231 Å². The zero-order chi connectivity index (χ0) is 39.3. The van der Waals surface area contributed by atoms with E-state index in [1.807, 2.05) is 0 Å². The first-order valence-corrected chi connectivity index (χ1v) is 20.8. The van der Waals surface area contributed by atoms with Crippen LogP contribution in [-0.4, -0.2) is 0 Å². The van der Waals surface area contributed by atoms with Crippen molar-refractivity contribution in [1.29, 1.82) is 0 Å². The Hall–Kier alpha value is -7.22. The summed E-state index contributed by atoms with van der Waals surface area (Å²) in [6, 6.07) is 79.4. The van der Waals surface area contributed by atoms with Crippen molar-refractivity contribution in [3.05, 3.63) is 246 Å². The van der Waals surface area contributed by atoms with Crippen molar-refractivity contribution in [2.75, 3.05) is 4.90 Å². The highest BCUT2D eigenvalue weighted by Crippen LogP contribution is 2.62. The molecule has 0 aliphatic heterocycles. The Morgan fingerprint density at radius 1 is 0.271 bits per heavy atom. The summed E-state index contributed by atoms with van der Waals surface area (Å²) in [5.74, 6) is 0. The molecule has 9 aromatic rings. The maximum absolute atomic E-state index is 2.48. The molecule has 278 valence electrons. The standard InChI is InChI=1S/C58H41N/c1-57(2)51-27-12-8-25-47(51)49-33-31-42(37-56(49)57)59(40-20-16-19-39(35-40)38-17-4-3-5-18-38)41-32-34-55-50(36-41)48-26-11-15-30-54(48)58(55)52-28-13-9-23-45(52)43-21-6-7-22-44(43)46-24-10-14-29-53(46)58/h3-37H,1-2H3. The predicted octanol–water partition coefficient (Wildman–Crippen LogP) is 15.1. The molecule has 0 atom stereocenters. The van der Waals surface area contributed by atoms with E-state index in [-0.39, 0.29) is 5.41 Å². The highest BCUT2D eigenvalue weighted by Gasteiger charge is 2.49. The summed E-state index contributed by atoms with van der Waals surface area (Å²) in [6.07, 6.45) is 0. The highest BCUT2D eigenvalue weighted by molar-refractivity contribution is 5.98. The zero-order valence-corrected chi connectivity index (χ0v) is 33.2. The first-order valence-electron chi connectivity index (χ1n) is 20.8. The third kappa shape index (κ3) is 4.73. The van der Waals surface area contributed by atoms with Crippen LogP contribution in [0.4, 0.5) is 17.1 Å². The number of hydrogen-bond acceptors (Lipinski definition) is 1. The van der Waals surface area contributed by atoms with Gasteiger partial charge in [0.25, 0.3) is 0 Å². The van der Waals surface area contributed by atoms with Gasteiger partial charge < -0.3 is 4.90 Å². The van der Waals surface area contributed by atoms with E-state index in [4.69, 9.17) is 0 Å². The van der Waals surface area contributed by atoms with Crippen molar-refractivity contribution >= 4 is 17.1 Å². The van der Waals surface area contributed by atoms with Gasteiger partial charge in [0.2, 0.25) is 0 Å². The van der Waals surface area contributed by atoms with Crippen LogP contribution >= 0.6 is 0 Å². The molecule has 0 amide bonds. The summed E-state index contributed by atoms with van der Waals surface area (Å²) in [5, 5.41) is 0. The van der Waals surface area contributed by atoms with E-state index in [1.165, 1.54) is 89.0 Å². The molecule has 0 fully saturated rings. The van der Waals surface area contributed by atoms with Crippen molar-refractivity contribution in [3.8, 4) is 55.6 Å². The molecule has 1 nitrogen and oxygen atoms in total. The number of nitrogens with zero attached hydrogens (tertiary/aromatic N) is 1. The van der Waals surface area contributed by atoms with Crippen molar-refractivity contribution in [2.24, 2.45) is 0 Å². The van der Waals surface area contributed by atoms with Crippen LogP contribution in [0.3, 0.4) is 0 Å². The second kappa shape index (κ2) is 12.6. The monoisotopic (exact) mass is 751 g/mol. The Morgan fingerprint density at radius 3 is 1.32 bits per heavy atom. The second-order valence-electron chi connectivity index (χ2n) is 16.8. The van der Waals surface area contributed by atoms with E-state index in [9.17, 15) is 0 Å². The lowest BCUT2D eigenvalue weighted by molar-refractivity contribution is 0.660. The SMILES string of the molecule is CC1(C)c2ccccc2-c2ccc(N(c3cccc(-c4ccccc4)c3)c3ccc4c(c3)-c3ccccc3C43c4ccccc4-c4ccccc4-c4ccccc43)cc21. The predicted molar refractivity (Wildman–Crippen MR) is 246 cm³/mol. The van der Waals surface area contributed by atoms with E-state index >= 15 is 0 Å². The number of hydrogen-bond donors (Lipinski definition) is 0. The summed E-state index contributed by atoms with van der Waals surface area (Å²) < 4.78 is 0. The summed E-state index contributed by atoms with van der Waals surface area (Å²) >= 11 is 0. The molecule has 0 aromatic heterocycles. The molecule has 3 aliphatic carbocycles. The van der Waals surface area contributed by atoms with Gasteiger partial charge >= 0.3 is 0 Å². The van der Waals surface area contributed by atoms with Crippen LogP contribution < -0.4 is 4.90 Å². The molecule has 9 aromatic carbocycles. The van der Waals surface area contributed by atoms with Gasteiger partial charge in [0.15, 0.2) is 0 Å². The Kier molecular flexibility index (Phi) is 7.26. The van der Waals surface area contributed by atoms with Crippen LogP contribution in [0.2, 0.25) is 0 Å². The Balaban J connectivity index is 1.12. The summed E-state index contributed by atoms with van der Waals surface area (Å²) in [5.41, 5.74) is 23.5. The molecule has 1 heteroatoms. The maximum atomic E-state index is 2.48. The smallest absolute Gasteiger partial charge is 0.0725 e. The highest BCUT2D eigenvalue weighted by atomic mass is 15.1.